The lowest BCUT2D eigenvalue weighted by Crippen LogP contribution is -2.47. The SMILES string of the molecule is NCC1(C(=O)Nc2c(F)cc(F)cc2Br)CCC1. The van der Waals surface area contributed by atoms with E-state index in [0.29, 0.717) is 12.8 Å². The molecule has 6 heteroatoms. The molecule has 1 fully saturated rings. The van der Waals surface area contributed by atoms with Crippen LogP contribution in [-0.2, 0) is 4.79 Å². The first-order chi connectivity index (χ1) is 8.48. The molecule has 3 N–H and O–H groups in total. The molecule has 1 aliphatic carbocycles. The zero-order valence-electron chi connectivity index (χ0n) is 9.60. The molecule has 1 aromatic rings. The molecule has 1 amide bonds. The average Bonchev–Trinajstić information content (AvgIpc) is 2.22. The predicted molar refractivity (Wildman–Crippen MR) is 68.0 cm³/mol. The zero-order chi connectivity index (χ0) is 13.3. The molecule has 1 saturated carbocycles. The van der Waals surface area contributed by atoms with Crippen molar-refractivity contribution in [3.8, 4) is 0 Å². The van der Waals surface area contributed by atoms with Crippen molar-refractivity contribution >= 4 is 27.5 Å². The monoisotopic (exact) mass is 318 g/mol. The number of benzene rings is 1. The maximum absolute atomic E-state index is 13.6. The van der Waals surface area contributed by atoms with Crippen LogP contribution in [0.4, 0.5) is 14.5 Å². The quantitative estimate of drug-likeness (QED) is 0.900. The van der Waals surface area contributed by atoms with Crippen molar-refractivity contribution in [2.45, 2.75) is 19.3 Å². The van der Waals surface area contributed by atoms with E-state index in [9.17, 15) is 13.6 Å². The first kappa shape index (κ1) is 13.4. The molecule has 3 nitrogen and oxygen atoms in total. The molecule has 0 aromatic heterocycles. The lowest BCUT2D eigenvalue weighted by Gasteiger charge is -2.39. The second-order valence-corrected chi connectivity index (χ2v) is 5.39. The van der Waals surface area contributed by atoms with Gasteiger partial charge in [-0.1, -0.05) is 6.42 Å². The van der Waals surface area contributed by atoms with E-state index in [4.69, 9.17) is 5.73 Å². The number of carbonyl (C=O) groups is 1. The molecule has 0 aliphatic heterocycles. The lowest BCUT2D eigenvalue weighted by molar-refractivity contribution is -0.129. The van der Waals surface area contributed by atoms with Crippen molar-refractivity contribution in [2.75, 3.05) is 11.9 Å². The van der Waals surface area contributed by atoms with Crippen LogP contribution in [0.1, 0.15) is 19.3 Å². The third kappa shape index (κ3) is 2.27. The molecule has 2 rings (SSSR count). The van der Waals surface area contributed by atoms with Crippen LogP contribution >= 0.6 is 15.9 Å². The van der Waals surface area contributed by atoms with Crippen molar-refractivity contribution in [3.05, 3.63) is 28.2 Å². The van der Waals surface area contributed by atoms with Crippen molar-refractivity contribution in [1.82, 2.24) is 0 Å². The van der Waals surface area contributed by atoms with Gasteiger partial charge in [-0.25, -0.2) is 8.78 Å². The van der Waals surface area contributed by atoms with E-state index in [1.54, 1.807) is 0 Å². The Hall–Kier alpha value is -1.01. The van der Waals surface area contributed by atoms with Crippen LogP contribution < -0.4 is 11.1 Å². The van der Waals surface area contributed by atoms with E-state index in [0.717, 1.165) is 18.6 Å². The smallest absolute Gasteiger partial charge is 0.231 e. The van der Waals surface area contributed by atoms with Gasteiger partial charge in [0.05, 0.1) is 11.1 Å². The second-order valence-electron chi connectivity index (χ2n) is 4.54. The summed E-state index contributed by atoms with van der Waals surface area (Å²) in [6.45, 7) is 0.235. The maximum Gasteiger partial charge on any atom is 0.231 e. The minimum atomic E-state index is -0.804. The van der Waals surface area contributed by atoms with E-state index < -0.39 is 17.0 Å². The summed E-state index contributed by atoms with van der Waals surface area (Å²) in [7, 11) is 0. The molecule has 0 saturated heterocycles. The average molecular weight is 319 g/mol. The fourth-order valence-electron chi connectivity index (χ4n) is 2.04. The number of nitrogens with two attached hydrogens (primary N) is 1. The molecular weight excluding hydrogens is 306 g/mol. The Balaban J connectivity index is 2.22. The summed E-state index contributed by atoms with van der Waals surface area (Å²) in [5.41, 5.74) is 4.96. The van der Waals surface area contributed by atoms with Crippen LogP contribution in [-0.4, -0.2) is 12.5 Å². The summed E-state index contributed by atoms with van der Waals surface area (Å²) in [5.74, 6) is -1.81. The first-order valence-corrected chi connectivity index (χ1v) is 6.44. The third-order valence-electron chi connectivity index (χ3n) is 3.43. The number of halogens is 3. The van der Waals surface area contributed by atoms with Gasteiger partial charge in [-0.05, 0) is 34.8 Å². The summed E-state index contributed by atoms with van der Waals surface area (Å²) in [4.78, 5) is 12.1. The highest BCUT2D eigenvalue weighted by molar-refractivity contribution is 9.10. The highest BCUT2D eigenvalue weighted by Crippen LogP contribution is 2.41. The van der Waals surface area contributed by atoms with Crippen LogP contribution in [0.3, 0.4) is 0 Å². The van der Waals surface area contributed by atoms with Crippen LogP contribution in [0.2, 0.25) is 0 Å². The summed E-state index contributed by atoms with van der Waals surface area (Å²) in [6.07, 6.45) is 2.35. The number of amides is 1. The van der Waals surface area contributed by atoms with Gasteiger partial charge in [0.2, 0.25) is 5.91 Å². The first-order valence-electron chi connectivity index (χ1n) is 5.64. The number of anilines is 1. The molecule has 0 radical (unpaired) electrons. The van der Waals surface area contributed by atoms with Gasteiger partial charge in [-0.3, -0.25) is 4.79 Å². The molecule has 0 heterocycles. The number of nitrogens with one attached hydrogen (secondary N) is 1. The highest BCUT2D eigenvalue weighted by Gasteiger charge is 2.43. The van der Waals surface area contributed by atoms with E-state index >= 15 is 0 Å². The van der Waals surface area contributed by atoms with E-state index in [1.165, 1.54) is 0 Å². The second kappa shape index (κ2) is 4.93. The van der Waals surface area contributed by atoms with Gasteiger partial charge in [0, 0.05) is 17.1 Å². The van der Waals surface area contributed by atoms with Crippen LogP contribution in [0.15, 0.2) is 16.6 Å². The van der Waals surface area contributed by atoms with Crippen LogP contribution in [0, 0.1) is 17.0 Å². The predicted octanol–water partition coefficient (Wildman–Crippen LogP) is 2.79. The molecule has 0 atom stereocenters. The Kier molecular flexibility index (Phi) is 3.68. The molecule has 0 bridgehead atoms. The third-order valence-corrected chi connectivity index (χ3v) is 4.05. The molecule has 1 aliphatic rings. The van der Waals surface area contributed by atoms with Crippen LogP contribution in [0.25, 0.3) is 0 Å². The minimum absolute atomic E-state index is 0.0406. The molecule has 98 valence electrons. The Morgan fingerprint density at radius 1 is 1.44 bits per heavy atom. The minimum Gasteiger partial charge on any atom is -0.329 e. The van der Waals surface area contributed by atoms with Crippen molar-refractivity contribution < 1.29 is 13.6 Å². The fourth-order valence-corrected chi connectivity index (χ4v) is 2.54. The summed E-state index contributed by atoms with van der Waals surface area (Å²) in [5, 5.41) is 2.49. The topological polar surface area (TPSA) is 55.1 Å². The number of hydrogen-bond acceptors (Lipinski definition) is 2. The fraction of sp³-hybridized carbons (Fsp3) is 0.417. The standard InChI is InChI=1S/C12H13BrF2N2O/c13-8-4-7(14)5-9(15)10(8)17-11(18)12(6-16)2-1-3-12/h4-5H,1-3,6,16H2,(H,17,18). The number of hydrogen-bond donors (Lipinski definition) is 2. The van der Waals surface area contributed by atoms with Gasteiger partial charge < -0.3 is 11.1 Å². The summed E-state index contributed by atoms with van der Waals surface area (Å²) in [6, 6.07) is 1.84. The largest absolute Gasteiger partial charge is 0.329 e. The van der Waals surface area contributed by atoms with Gasteiger partial charge in [0.1, 0.15) is 5.82 Å². The molecular formula is C12H13BrF2N2O. The molecule has 0 spiro atoms. The summed E-state index contributed by atoms with van der Waals surface area (Å²) < 4.78 is 26.7. The van der Waals surface area contributed by atoms with Crippen molar-refractivity contribution in [3.63, 3.8) is 0 Å². The number of carbonyl (C=O) groups excluding carboxylic acids is 1. The zero-order valence-corrected chi connectivity index (χ0v) is 11.2. The van der Waals surface area contributed by atoms with E-state index in [2.05, 4.69) is 21.2 Å². The Morgan fingerprint density at radius 3 is 2.56 bits per heavy atom. The summed E-state index contributed by atoms with van der Waals surface area (Å²) >= 11 is 3.03. The number of rotatable bonds is 3. The van der Waals surface area contributed by atoms with Gasteiger partial charge in [-0.2, -0.15) is 0 Å². The van der Waals surface area contributed by atoms with Gasteiger partial charge >= 0.3 is 0 Å². The van der Waals surface area contributed by atoms with Crippen molar-refractivity contribution in [1.29, 1.82) is 0 Å². The maximum atomic E-state index is 13.6. The van der Waals surface area contributed by atoms with E-state index in [1.807, 2.05) is 0 Å². The van der Waals surface area contributed by atoms with Crippen LogP contribution in [0.5, 0.6) is 0 Å². The Labute approximate surface area is 112 Å². The van der Waals surface area contributed by atoms with E-state index in [-0.39, 0.29) is 22.6 Å². The lowest BCUT2D eigenvalue weighted by atomic mass is 9.68. The molecule has 0 unspecified atom stereocenters. The van der Waals surface area contributed by atoms with Crippen molar-refractivity contribution in [2.24, 2.45) is 11.1 Å². The van der Waals surface area contributed by atoms with Gasteiger partial charge in [0.15, 0.2) is 5.82 Å². The Morgan fingerprint density at radius 2 is 2.11 bits per heavy atom. The highest BCUT2D eigenvalue weighted by atomic mass is 79.9. The van der Waals surface area contributed by atoms with Gasteiger partial charge in [0.25, 0.3) is 0 Å². The normalized spacial score (nSPS) is 17.1. The Bertz CT molecular complexity index is 460. The molecule has 1 aromatic carbocycles. The molecule has 18 heavy (non-hydrogen) atoms. The van der Waals surface area contributed by atoms with Gasteiger partial charge in [-0.15, -0.1) is 0 Å².